The lowest BCUT2D eigenvalue weighted by molar-refractivity contribution is -0.0671. The molecule has 0 aliphatic carbocycles. The summed E-state index contributed by atoms with van der Waals surface area (Å²) < 4.78 is 46.1. The molecular weight excluding hydrogens is 331 g/mol. The molecule has 1 aliphatic rings. The van der Waals surface area contributed by atoms with Crippen LogP contribution < -0.4 is 4.72 Å². The van der Waals surface area contributed by atoms with E-state index >= 15 is 0 Å². The minimum Gasteiger partial charge on any atom is -0.373 e. The van der Waals surface area contributed by atoms with Crippen molar-refractivity contribution in [3.63, 3.8) is 0 Å². The highest BCUT2D eigenvalue weighted by Gasteiger charge is 2.23. The molecule has 1 aromatic rings. The molecular formula is C14H20ClFN2O3S. The van der Waals surface area contributed by atoms with Crippen LogP contribution in [0.1, 0.15) is 13.8 Å². The third-order valence-corrected chi connectivity index (χ3v) is 5.19. The minimum absolute atomic E-state index is 0.116. The molecule has 0 saturated carbocycles. The van der Waals surface area contributed by atoms with E-state index in [0.29, 0.717) is 6.54 Å². The van der Waals surface area contributed by atoms with E-state index in [1.165, 1.54) is 18.2 Å². The van der Waals surface area contributed by atoms with Crippen molar-refractivity contribution in [2.75, 3.05) is 26.2 Å². The fraction of sp³-hybridized carbons (Fsp3) is 0.571. The van der Waals surface area contributed by atoms with Crippen molar-refractivity contribution in [2.45, 2.75) is 31.0 Å². The lowest BCUT2D eigenvalue weighted by atomic mass is 10.2. The Labute approximate surface area is 135 Å². The molecule has 1 heterocycles. The number of sulfonamides is 1. The first kappa shape index (κ1) is 17.6. The van der Waals surface area contributed by atoms with Crippen LogP contribution in [0.5, 0.6) is 0 Å². The SMILES string of the molecule is CC1CN(CCNS(=O)(=O)c2cccc(Cl)c2F)CC(C)O1. The van der Waals surface area contributed by atoms with Crippen LogP contribution in [0, 0.1) is 5.82 Å². The molecule has 124 valence electrons. The number of benzene rings is 1. The van der Waals surface area contributed by atoms with Crippen LogP contribution in [0.4, 0.5) is 4.39 Å². The van der Waals surface area contributed by atoms with Gasteiger partial charge >= 0.3 is 0 Å². The average molecular weight is 351 g/mol. The summed E-state index contributed by atoms with van der Waals surface area (Å²) in [6, 6.07) is 3.92. The van der Waals surface area contributed by atoms with E-state index in [4.69, 9.17) is 16.3 Å². The van der Waals surface area contributed by atoms with Crippen LogP contribution in [-0.4, -0.2) is 51.7 Å². The van der Waals surface area contributed by atoms with Crippen LogP contribution in [0.25, 0.3) is 0 Å². The molecule has 1 aliphatic heterocycles. The average Bonchev–Trinajstić information content (AvgIpc) is 2.40. The molecule has 5 nitrogen and oxygen atoms in total. The number of rotatable bonds is 5. The Kier molecular flexibility index (Phi) is 5.79. The van der Waals surface area contributed by atoms with Gasteiger partial charge in [-0.1, -0.05) is 17.7 Å². The van der Waals surface area contributed by atoms with E-state index in [2.05, 4.69) is 9.62 Å². The summed E-state index contributed by atoms with van der Waals surface area (Å²) in [6.45, 7) is 6.20. The summed E-state index contributed by atoms with van der Waals surface area (Å²) in [5, 5.41) is -0.210. The number of halogens is 2. The van der Waals surface area contributed by atoms with Crippen molar-refractivity contribution in [1.82, 2.24) is 9.62 Å². The van der Waals surface area contributed by atoms with E-state index in [1.807, 2.05) is 13.8 Å². The van der Waals surface area contributed by atoms with Crippen molar-refractivity contribution >= 4 is 21.6 Å². The number of morpholine rings is 1. The molecule has 2 rings (SSSR count). The van der Waals surface area contributed by atoms with Crippen LogP contribution in [0.15, 0.2) is 23.1 Å². The van der Waals surface area contributed by atoms with Crippen molar-refractivity contribution in [3.8, 4) is 0 Å². The summed E-state index contributed by atoms with van der Waals surface area (Å²) in [6.07, 6.45) is 0.233. The molecule has 1 saturated heterocycles. The minimum atomic E-state index is -3.91. The Hall–Kier alpha value is -0.730. The number of ether oxygens (including phenoxy) is 1. The van der Waals surface area contributed by atoms with E-state index in [-0.39, 0.29) is 23.8 Å². The molecule has 0 radical (unpaired) electrons. The molecule has 1 fully saturated rings. The first-order chi connectivity index (χ1) is 10.3. The second-order valence-electron chi connectivity index (χ2n) is 5.47. The van der Waals surface area contributed by atoms with E-state index in [0.717, 1.165) is 13.1 Å². The van der Waals surface area contributed by atoms with Gasteiger partial charge in [0.15, 0.2) is 5.82 Å². The van der Waals surface area contributed by atoms with Crippen molar-refractivity contribution in [2.24, 2.45) is 0 Å². The van der Waals surface area contributed by atoms with Crippen molar-refractivity contribution in [1.29, 1.82) is 0 Å². The van der Waals surface area contributed by atoms with Gasteiger partial charge in [-0.25, -0.2) is 17.5 Å². The van der Waals surface area contributed by atoms with Gasteiger partial charge in [0.25, 0.3) is 0 Å². The van der Waals surface area contributed by atoms with Gasteiger partial charge in [0.2, 0.25) is 10.0 Å². The molecule has 0 amide bonds. The van der Waals surface area contributed by atoms with Gasteiger partial charge in [-0.2, -0.15) is 0 Å². The first-order valence-electron chi connectivity index (χ1n) is 7.11. The number of hydrogen-bond donors (Lipinski definition) is 1. The molecule has 0 spiro atoms. The normalized spacial score (nSPS) is 23.6. The zero-order valence-electron chi connectivity index (χ0n) is 12.6. The maximum absolute atomic E-state index is 13.8. The molecule has 1 aromatic carbocycles. The molecule has 8 heteroatoms. The Balaban J connectivity index is 1.94. The zero-order chi connectivity index (χ0) is 16.3. The summed E-state index contributed by atoms with van der Waals surface area (Å²) in [5.41, 5.74) is 0. The third-order valence-electron chi connectivity index (χ3n) is 3.42. The monoisotopic (exact) mass is 350 g/mol. The highest BCUT2D eigenvalue weighted by molar-refractivity contribution is 7.89. The van der Waals surface area contributed by atoms with E-state index in [9.17, 15) is 12.8 Å². The maximum atomic E-state index is 13.8. The summed E-state index contributed by atoms with van der Waals surface area (Å²) >= 11 is 5.62. The van der Waals surface area contributed by atoms with Gasteiger partial charge in [-0.05, 0) is 26.0 Å². The predicted molar refractivity (Wildman–Crippen MR) is 83.0 cm³/mol. The molecule has 2 unspecified atom stereocenters. The number of nitrogens with one attached hydrogen (secondary N) is 1. The van der Waals surface area contributed by atoms with Gasteiger partial charge in [-0.15, -0.1) is 0 Å². The second kappa shape index (κ2) is 7.23. The van der Waals surface area contributed by atoms with Crippen molar-refractivity contribution in [3.05, 3.63) is 29.0 Å². The standard InChI is InChI=1S/C14H20ClFN2O3S/c1-10-8-18(9-11(2)21-10)7-6-17-22(19,20)13-5-3-4-12(15)14(13)16/h3-5,10-11,17H,6-9H2,1-2H3. The Morgan fingerprint density at radius 1 is 1.36 bits per heavy atom. The quantitative estimate of drug-likeness (QED) is 0.880. The zero-order valence-corrected chi connectivity index (χ0v) is 14.1. The van der Waals surface area contributed by atoms with Crippen molar-refractivity contribution < 1.29 is 17.5 Å². The maximum Gasteiger partial charge on any atom is 0.243 e. The van der Waals surface area contributed by atoms with Gasteiger partial charge < -0.3 is 4.74 Å². The van der Waals surface area contributed by atoms with Gasteiger partial charge in [0, 0.05) is 26.2 Å². The molecule has 0 aromatic heterocycles. The first-order valence-corrected chi connectivity index (χ1v) is 8.97. The van der Waals surface area contributed by atoms with Gasteiger partial charge in [0.1, 0.15) is 4.90 Å². The topological polar surface area (TPSA) is 58.6 Å². The molecule has 1 N–H and O–H groups in total. The summed E-state index contributed by atoms with van der Waals surface area (Å²) in [4.78, 5) is 1.69. The molecule has 22 heavy (non-hydrogen) atoms. The van der Waals surface area contributed by atoms with Crippen LogP contribution in [0.3, 0.4) is 0 Å². The fourth-order valence-corrected chi connectivity index (χ4v) is 3.92. The van der Waals surface area contributed by atoms with Crippen LogP contribution in [-0.2, 0) is 14.8 Å². The van der Waals surface area contributed by atoms with E-state index in [1.54, 1.807) is 0 Å². The predicted octanol–water partition coefficient (Wildman–Crippen LogP) is 1.87. The largest absolute Gasteiger partial charge is 0.373 e. The summed E-state index contributed by atoms with van der Waals surface area (Å²) in [5.74, 6) is -0.926. The van der Waals surface area contributed by atoms with E-state index < -0.39 is 20.7 Å². The molecule has 2 atom stereocenters. The highest BCUT2D eigenvalue weighted by Crippen LogP contribution is 2.21. The Morgan fingerprint density at radius 2 is 2.00 bits per heavy atom. The Morgan fingerprint density at radius 3 is 2.64 bits per heavy atom. The Bertz CT molecular complexity index is 617. The smallest absolute Gasteiger partial charge is 0.243 e. The fourth-order valence-electron chi connectivity index (χ4n) is 2.57. The van der Waals surface area contributed by atoms with Gasteiger partial charge in [0.05, 0.1) is 17.2 Å². The second-order valence-corrected chi connectivity index (χ2v) is 7.61. The van der Waals surface area contributed by atoms with Gasteiger partial charge in [-0.3, -0.25) is 4.90 Å². The van der Waals surface area contributed by atoms with Crippen LogP contribution >= 0.6 is 11.6 Å². The number of nitrogens with zero attached hydrogens (tertiary/aromatic N) is 1. The summed E-state index contributed by atoms with van der Waals surface area (Å²) in [7, 11) is -3.91. The van der Waals surface area contributed by atoms with Crippen LogP contribution in [0.2, 0.25) is 5.02 Å². The molecule has 0 bridgehead atoms. The number of hydrogen-bond acceptors (Lipinski definition) is 4. The highest BCUT2D eigenvalue weighted by atomic mass is 35.5. The lowest BCUT2D eigenvalue weighted by Gasteiger charge is -2.35. The lowest BCUT2D eigenvalue weighted by Crippen LogP contribution is -2.47. The third kappa shape index (κ3) is 4.39.